The maximum Gasteiger partial charge on any atom is 0.121 e. The molecule has 6 nitrogen and oxygen atoms in total. The largest absolute Gasteiger partial charge is 0.493 e. The topological polar surface area (TPSA) is 56.1 Å². The summed E-state index contributed by atoms with van der Waals surface area (Å²) in [6.07, 6.45) is 9.17. The summed E-state index contributed by atoms with van der Waals surface area (Å²) < 4.78 is 8.35. The number of aromatic nitrogens is 4. The molecule has 1 aromatic carbocycles. The molecule has 1 saturated carbocycles. The number of rotatable bonds is 11. The number of aryl methyl sites for hydroxylation is 2. The van der Waals surface area contributed by atoms with Gasteiger partial charge in [0, 0.05) is 54.2 Å². The standard InChI is InChI=1S/C31H37N5O/c1-3-16-35(21-23-10-11-23)17-6-19-37-24-12-13-25-26(14-15-32-28(25)20-24)30-29-9-5-18-36(29)34-31(30)27-8-4-7-22(2)33-27/h4,7-8,12-15,20,23H,3,5-6,9-11,16-19,21H2,1-2H3. The zero-order valence-electron chi connectivity index (χ0n) is 22.1. The van der Waals surface area contributed by atoms with Crippen molar-refractivity contribution < 1.29 is 4.74 Å². The first kappa shape index (κ1) is 24.1. The van der Waals surface area contributed by atoms with Gasteiger partial charge in [-0.05, 0) is 93.8 Å². The highest BCUT2D eigenvalue weighted by Gasteiger charge is 2.26. The first-order valence-corrected chi connectivity index (χ1v) is 14.0. The summed E-state index contributed by atoms with van der Waals surface area (Å²) in [6.45, 7) is 9.56. The van der Waals surface area contributed by atoms with Gasteiger partial charge in [0.15, 0.2) is 0 Å². The van der Waals surface area contributed by atoms with Crippen LogP contribution in [0.25, 0.3) is 33.4 Å². The summed E-state index contributed by atoms with van der Waals surface area (Å²) in [5.74, 6) is 1.83. The van der Waals surface area contributed by atoms with Gasteiger partial charge in [0.1, 0.15) is 11.4 Å². The van der Waals surface area contributed by atoms with Crippen LogP contribution in [0.4, 0.5) is 0 Å². The lowest BCUT2D eigenvalue weighted by Crippen LogP contribution is -2.29. The summed E-state index contributed by atoms with van der Waals surface area (Å²) in [5.41, 5.74) is 7.53. The Labute approximate surface area is 219 Å². The minimum atomic E-state index is 0.732. The zero-order chi connectivity index (χ0) is 25.2. The van der Waals surface area contributed by atoms with Gasteiger partial charge in [-0.15, -0.1) is 0 Å². The first-order valence-electron chi connectivity index (χ1n) is 14.0. The van der Waals surface area contributed by atoms with E-state index in [-0.39, 0.29) is 0 Å². The Morgan fingerprint density at radius 1 is 1.11 bits per heavy atom. The molecule has 4 aromatic rings. The van der Waals surface area contributed by atoms with Crippen molar-refractivity contribution in [2.75, 3.05) is 26.2 Å². The van der Waals surface area contributed by atoms with Crippen LogP contribution in [-0.2, 0) is 13.0 Å². The molecule has 0 amide bonds. The van der Waals surface area contributed by atoms with Gasteiger partial charge in [-0.3, -0.25) is 14.6 Å². The second kappa shape index (κ2) is 10.6. The molecule has 37 heavy (non-hydrogen) atoms. The van der Waals surface area contributed by atoms with Crippen LogP contribution in [-0.4, -0.2) is 50.9 Å². The van der Waals surface area contributed by atoms with Gasteiger partial charge in [0.25, 0.3) is 0 Å². The highest BCUT2D eigenvalue weighted by molar-refractivity contribution is 5.99. The van der Waals surface area contributed by atoms with E-state index in [0.717, 1.165) is 78.6 Å². The number of hydrogen-bond acceptors (Lipinski definition) is 5. The molecule has 0 atom stereocenters. The molecule has 1 aliphatic heterocycles. The van der Waals surface area contributed by atoms with Gasteiger partial charge in [0.05, 0.1) is 17.8 Å². The van der Waals surface area contributed by atoms with E-state index in [2.05, 4.69) is 52.9 Å². The molecule has 6 rings (SSSR count). The molecule has 0 bridgehead atoms. The Bertz CT molecular complexity index is 1390. The molecule has 0 saturated heterocycles. The number of fused-ring (bicyclic) bond motifs is 2. The van der Waals surface area contributed by atoms with Crippen LogP contribution in [0, 0.1) is 12.8 Å². The number of ether oxygens (including phenoxy) is 1. The third-order valence-electron chi connectivity index (χ3n) is 7.60. The van der Waals surface area contributed by atoms with Crippen LogP contribution in [0.15, 0.2) is 48.7 Å². The molecule has 0 N–H and O–H groups in total. The van der Waals surface area contributed by atoms with Gasteiger partial charge in [-0.1, -0.05) is 13.0 Å². The van der Waals surface area contributed by atoms with E-state index >= 15 is 0 Å². The highest BCUT2D eigenvalue weighted by Crippen LogP contribution is 2.40. The van der Waals surface area contributed by atoms with E-state index in [1.807, 2.05) is 19.2 Å². The zero-order valence-corrected chi connectivity index (χ0v) is 22.1. The Morgan fingerprint density at radius 2 is 2.03 bits per heavy atom. The van der Waals surface area contributed by atoms with E-state index in [1.54, 1.807) is 0 Å². The monoisotopic (exact) mass is 495 g/mol. The summed E-state index contributed by atoms with van der Waals surface area (Å²) in [5, 5.41) is 6.14. The summed E-state index contributed by atoms with van der Waals surface area (Å²) in [6, 6.07) is 14.6. The number of benzene rings is 1. The van der Waals surface area contributed by atoms with Crippen LogP contribution in [0.1, 0.15) is 50.4 Å². The van der Waals surface area contributed by atoms with Gasteiger partial charge in [0.2, 0.25) is 0 Å². The molecule has 192 valence electrons. The van der Waals surface area contributed by atoms with E-state index in [1.165, 1.54) is 49.2 Å². The quantitative estimate of drug-likeness (QED) is 0.228. The van der Waals surface area contributed by atoms with Gasteiger partial charge >= 0.3 is 0 Å². The molecule has 0 radical (unpaired) electrons. The predicted octanol–water partition coefficient (Wildman–Crippen LogP) is 6.31. The van der Waals surface area contributed by atoms with E-state index in [4.69, 9.17) is 19.8 Å². The molecule has 0 spiro atoms. The molecule has 1 fully saturated rings. The SMILES string of the molecule is CCCN(CCCOc1ccc2c(-c3c(-c4cccc(C)n4)nn4c3CCC4)ccnc2c1)CC1CC1. The summed E-state index contributed by atoms with van der Waals surface area (Å²) >= 11 is 0. The third-order valence-corrected chi connectivity index (χ3v) is 7.60. The van der Waals surface area contributed by atoms with Gasteiger partial charge < -0.3 is 9.64 Å². The van der Waals surface area contributed by atoms with Crippen molar-refractivity contribution >= 4 is 10.9 Å². The van der Waals surface area contributed by atoms with E-state index in [0.29, 0.717) is 0 Å². The van der Waals surface area contributed by atoms with Crippen molar-refractivity contribution in [2.45, 2.75) is 58.9 Å². The van der Waals surface area contributed by atoms with Gasteiger partial charge in [-0.25, -0.2) is 0 Å². The van der Waals surface area contributed by atoms with Crippen LogP contribution in [0.5, 0.6) is 5.75 Å². The van der Waals surface area contributed by atoms with Crippen molar-refractivity contribution in [1.29, 1.82) is 0 Å². The Balaban J connectivity index is 1.23. The Kier molecular flexibility index (Phi) is 6.92. The molecule has 0 unspecified atom stereocenters. The van der Waals surface area contributed by atoms with Crippen molar-refractivity contribution in [3.05, 3.63) is 60.0 Å². The van der Waals surface area contributed by atoms with Crippen LogP contribution in [0.2, 0.25) is 0 Å². The fraction of sp³-hybridized carbons (Fsp3) is 0.452. The van der Waals surface area contributed by atoms with Gasteiger partial charge in [-0.2, -0.15) is 5.10 Å². The number of pyridine rings is 2. The smallest absolute Gasteiger partial charge is 0.121 e. The fourth-order valence-electron chi connectivity index (χ4n) is 5.66. The molecular formula is C31H37N5O. The highest BCUT2D eigenvalue weighted by atomic mass is 16.5. The maximum absolute atomic E-state index is 6.18. The average molecular weight is 496 g/mol. The second-order valence-electron chi connectivity index (χ2n) is 10.6. The van der Waals surface area contributed by atoms with Crippen molar-refractivity contribution in [2.24, 2.45) is 5.92 Å². The summed E-state index contributed by atoms with van der Waals surface area (Å²) in [4.78, 5) is 12.1. The minimum Gasteiger partial charge on any atom is -0.493 e. The normalized spacial score (nSPS) is 15.0. The lowest BCUT2D eigenvalue weighted by atomic mass is 9.96. The first-order chi connectivity index (χ1) is 18.2. The molecule has 1 aliphatic carbocycles. The number of nitrogens with zero attached hydrogens (tertiary/aromatic N) is 5. The fourth-order valence-corrected chi connectivity index (χ4v) is 5.66. The van der Waals surface area contributed by atoms with Crippen molar-refractivity contribution in [1.82, 2.24) is 24.6 Å². The maximum atomic E-state index is 6.18. The van der Waals surface area contributed by atoms with Crippen LogP contribution >= 0.6 is 0 Å². The molecular weight excluding hydrogens is 458 g/mol. The number of hydrogen-bond donors (Lipinski definition) is 0. The van der Waals surface area contributed by atoms with Crippen LogP contribution < -0.4 is 4.74 Å². The molecule has 4 heterocycles. The Hall–Kier alpha value is -3.25. The van der Waals surface area contributed by atoms with Crippen LogP contribution in [0.3, 0.4) is 0 Å². The molecule has 3 aromatic heterocycles. The van der Waals surface area contributed by atoms with Crippen molar-refractivity contribution in [3.8, 4) is 28.3 Å². The van der Waals surface area contributed by atoms with E-state index in [9.17, 15) is 0 Å². The summed E-state index contributed by atoms with van der Waals surface area (Å²) in [7, 11) is 0. The van der Waals surface area contributed by atoms with E-state index < -0.39 is 0 Å². The molecule has 6 heteroatoms. The van der Waals surface area contributed by atoms with Crippen molar-refractivity contribution in [3.63, 3.8) is 0 Å². The molecule has 2 aliphatic rings. The lowest BCUT2D eigenvalue weighted by Gasteiger charge is -2.21. The second-order valence-corrected chi connectivity index (χ2v) is 10.6. The Morgan fingerprint density at radius 3 is 2.86 bits per heavy atom. The lowest BCUT2D eigenvalue weighted by molar-refractivity contribution is 0.227. The minimum absolute atomic E-state index is 0.732. The predicted molar refractivity (Wildman–Crippen MR) is 149 cm³/mol. The third kappa shape index (κ3) is 5.26. The average Bonchev–Trinajstić information content (AvgIpc) is 3.47.